The molecule has 0 saturated carbocycles. The molecule has 1 heterocycles. The fourth-order valence-electron chi connectivity index (χ4n) is 1.54. The Bertz CT molecular complexity index is 201. The van der Waals surface area contributed by atoms with Gasteiger partial charge in [0.05, 0.1) is 0 Å². The van der Waals surface area contributed by atoms with Crippen molar-refractivity contribution in [2.24, 2.45) is 0 Å². The van der Waals surface area contributed by atoms with Gasteiger partial charge in [-0.1, -0.05) is 25.3 Å². The molecule has 0 aromatic carbocycles. The number of allylic oxidation sites excluding steroid dienone is 1. The lowest BCUT2D eigenvalue weighted by Crippen LogP contribution is -2.34. The fraction of sp³-hybridized carbons (Fsp3) is 0.455. The first-order valence-electron chi connectivity index (χ1n) is 4.36. The van der Waals surface area contributed by atoms with Crippen LogP contribution in [0.1, 0.15) is 13.3 Å². The van der Waals surface area contributed by atoms with Crippen LogP contribution in [0.4, 0.5) is 0 Å². The molecule has 0 bridgehead atoms. The molecule has 0 radical (unpaired) electrons. The molecule has 0 fully saturated rings. The highest BCUT2D eigenvalue weighted by atomic mass is 15.1. The van der Waals surface area contributed by atoms with Crippen LogP contribution in [-0.4, -0.2) is 24.5 Å². The Morgan fingerprint density at radius 1 is 1.33 bits per heavy atom. The van der Waals surface area contributed by atoms with Gasteiger partial charge in [-0.3, -0.25) is 4.90 Å². The number of hydrogen-bond donors (Lipinski definition) is 0. The maximum Gasteiger partial charge on any atom is 0.0236 e. The van der Waals surface area contributed by atoms with Crippen molar-refractivity contribution < 1.29 is 0 Å². The van der Waals surface area contributed by atoms with Crippen molar-refractivity contribution in [3.63, 3.8) is 0 Å². The quantitative estimate of drug-likeness (QED) is 0.604. The average Bonchev–Trinajstić information content (AvgIpc) is 2.09. The Morgan fingerprint density at radius 2 is 1.92 bits per heavy atom. The first-order valence-corrected chi connectivity index (χ1v) is 4.36. The van der Waals surface area contributed by atoms with E-state index in [4.69, 9.17) is 0 Å². The highest BCUT2D eigenvalue weighted by Crippen LogP contribution is 2.22. The van der Waals surface area contributed by atoms with Gasteiger partial charge in [-0.05, 0) is 31.5 Å². The summed E-state index contributed by atoms with van der Waals surface area (Å²) in [4.78, 5) is 2.34. The van der Waals surface area contributed by atoms with E-state index in [-0.39, 0.29) is 0 Å². The molecule has 0 saturated heterocycles. The largest absolute Gasteiger partial charge is 0.299 e. The van der Waals surface area contributed by atoms with Gasteiger partial charge in [0.25, 0.3) is 0 Å². The smallest absolute Gasteiger partial charge is 0.0236 e. The molecule has 1 heteroatoms. The number of hydrogen-bond acceptors (Lipinski definition) is 1. The molecule has 1 aliphatic rings. The monoisotopic (exact) mass is 163 g/mol. The van der Waals surface area contributed by atoms with E-state index in [1.807, 2.05) is 12.2 Å². The van der Waals surface area contributed by atoms with Gasteiger partial charge in [0.1, 0.15) is 0 Å². The first-order chi connectivity index (χ1) is 5.69. The highest BCUT2D eigenvalue weighted by Gasteiger charge is 2.18. The molecule has 0 N–H and O–H groups in total. The third kappa shape index (κ3) is 1.67. The Balaban J connectivity index is 2.89. The zero-order chi connectivity index (χ0) is 9.14. The Labute approximate surface area is 75.1 Å². The maximum absolute atomic E-state index is 3.82. The minimum Gasteiger partial charge on any atom is -0.299 e. The van der Waals surface area contributed by atoms with E-state index < -0.39 is 0 Å². The van der Waals surface area contributed by atoms with Crippen LogP contribution in [0.25, 0.3) is 0 Å². The number of nitrogens with zero attached hydrogens (tertiary/aromatic N) is 1. The minimum atomic E-state index is 0.627. The second-order valence-electron chi connectivity index (χ2n) is 3.43. The normalized spacial score (nSPS) is 25.7. The van der Waals surface area contributed by atoms with Crippen molar-refractivity contribution in [3.05, 3.63) is 36.5 Å². The molecular weight excluding hydrogens is 146 g/mol. The Kier molecular flexibility index (Phi) is 2.88. The summed E-state index contributed by atoms with van der Waals surface area (Å²) in [6.45, 7) is 10.9. The molecule has 0 aromatic rings. The third-order valence-corrected chi connectivity index (χ3v) is 2.59. The minimum absolute atomic E-state index is 0.627. The van der Waals surface area contributed by atoms with Crippen LogP contribution in [0.2, 0.25) is 0 Å². The predicted octanol–water partition coefficient (Wildman–Crippen LogP) is 2.38. The summed E-state index contributed by atoms with van der Waals surface area (Å²) in [5.74, 6) is 0. The molecule has 0 spiro atoms. The van der Waals surface area contributed by atoms with E-state index >= 15 is 0 Å². The third-order valence-electron chi connectivity index (χ3n) is 2.59. The van der Waals surface area contributed by atoms with Crippen LogP contribution in [0.15, 0.2) is 36.5 Å². The summed E-state index contributed by atoms with van der Waals surface area (Å²) in [5.41, 5.74) is 2.68. The van der Waals surface area contributed by atoms with Gasteiger partial charge in [-0.15, -0.1) is 0 Å². The molecule has 1 unspecified atom stereocenters. The highest BCUT2D eigenvalue weighted by molar-refractivity contribution is 5.35. The summed E-state index contributed by atoms with van der Waals surface area (Å²) in [6.07, 6.45) is 5.00. The Morgan fingerprint density at radius 3 is 2.42 bits per heavy atom. The molecule has 1 nitrogen and oxygen atoms in total. The molecular formula is C11H17N. The molecule has 0 aliphatic carbocycles. The Hall–Kier alpha value is -0.820. The average molecular weight is 163 g/mol. The number of rotatable bonds is 2. The first kappa shape index (κ1) is 9.27. The van der Waals surface area contributed by atoms with E-state index in [9.17, 15) is 0 Å². The lowest BCUT2D eigenvalue weighted by Gasteiger charge is -2.31. The SMILES string of the molecule is C=CC1=C(C=C)CN(C)C(C)C1. The summed E-state index contributed by atoms with van der Waals surface area (Å²) in [5, 5.41) is 0. The van der Waals surface area contributed by atoms with Gasteiger partial charge in [0, 0.05) is 12.6 Å². The van der Waals surface area contributed by atoms with Crippen LogP contribution in [0, 0.1) is 0 Å². The van der Waals surface area contributed by atoms with Crippen LogP contribution in [-0.2, 0) is 0 Å². The molecule has 0 amide bonds. The summed E-state index contributed by atoms with van der Waals surface area (Å²) in [7, 11) is 2.15. The van der Waals surface area contributed by atoms with Crippen LogP contribution >= 0.6 is 0 Å². The molecule has 1 aliphatic heterocycles. The standard InChI is InChI=1S/C11H17N/c1-5-10-7-9(3)12(4)8-11(10)6-2/h5-6,9H,1-2,7-8H2,3-4H3. The maximum atomic E-state index is 3.82. The van der Waals surface area contributed by atoms with Crippen molar-refractivity contribution in [2.45, 2.75) is 19.4 Å². The summed E-state index contributed by atoms with van der Waals surface area (Å²) >= 11 is 0. The van der Waals surface area contributed by atoms with Crippen LogP contribution in [0.5, 0.6) is 0 Å². The van der Waals surface area contributed by atoms with Gasteiger partial charge in [-0.25, -0.2) is 0 Å². The molecule has 1 rings (SSSR count). The van der Waals surface area contributed by atoms with Crippen molar-refractivity contribution in [1.82, 2.24) is 4.90 Å². The topological polar surface area (TPSA) is 3.24 Å². The van der Waals surface area contributed by atoms with Crippen molar-refractivity contribution >= 4 is 0 Å². The zero-order valence-electron chi connectivity index (χ0n) is 8.01. The van der Waals surface area contributed by atoms with Gasteiger partial charge in [0.15, 0.2) is 0 Å². The van der Waals surface area contributed by atoms with E-state index in [1.165, 1.54) is 11.1 Å². The van der Waals surface area contributed by atoms with Crippen molar-refractivity contribution in [2.75, 3.05) is 13.6 Å². The molecule has 12 heavy (non-hydrogen) atoms. The van der Waals surface area contributed by atoms with Gasteiger partial charge in [0.2, 0.25) is 0 Å². The van der Waals surface area contributed by atoms with Crippen LogP contribution in [0.3, 0.4) is 0 Å². The van der Waals surface area contributed by atoms with E-state index in [1.54, 1.807) is 0 Å². The van der Waals surface area contributed by atoms with Gasteiger partial charge >= 0.3 is 0 Å². The predicted molar refractivity (Wildman–Crippen MR) is 54.1 cm³/mol. The number of likely N-dealkylation sites (N-methyl/N-ethyl adjacent to an activating group) is 1. The van der Waals surface area contributed by atoms with E-state index in [2.05, 4.69) is 32.0 Å². The summed E-state index contributed by atoms with van der Waals surface area (Å²) in [6, 6.07) is 0.627. The van der Waals surface area contributed by atoms with Gasteiger partial charge in [-0.2, -0.15) is 0 Å². The molecule has 0 aromatic heterocycles. The second kappa shape index (κ2) is 3.72. The van der Waals surface area contributed by atoms with Gasteiger partial charge < -0.3 is 0 Å². The van der Waals surface area contributed by atoms with Crippen molar-refractivity contribution in [3.8, 4) is 0 Å². The lowest BCUT2D eigenvalue weighted by molar-refractivity contribution is 0.265. The van der Waals surface area contributed by atoms with Crippen LogP contribution < -0.4 is 0 Å². The molecule has 66 valence electrons. The van der Waals surface area contributed by atoms with E-state index in [0.29, 0.717) is 6.04 Å². The zero-order valence-corrected chi connectivity index (χ0v) is 8.01. The van der Waals surface area contributed by atoms with Crippen molar-refractivity contribution in [1.29, 1.82) is 0 Å². The van der Waals surface area contributed by atoms with E-state index in [0.717, 1.165) is 13.0 Å². The fourth-order valence-corrected chi connectivity index (χ4v) is 1.54. The second-order valence-corrected chi connectivity index (χ2v) is 3.43. The molecule has 1 atom stereocenters. The lowest BCUT2D eigenvalue weighted by atomic mass is 9.95. The summed E-state index contributed by atoms with van der Waals surface area (Å²) < 4.78 is 0.